The van der Waals surface area contributed by atoms with Crippen LogP contribution in [0.1, 0.15) is 6.92 Å². The van der Waals surface area contributed by atoms with E-state index >= 15 is 0 Å². The van der Waals surface area contributed by atoms with Gasteiger partial charge in [0.05, 0.1) is 35.6 Å². The van der Waals surface area contributed by atoms with Gasteiger partial charge in [0.25, 0.3) is 5.91 Å². The van der Waals surface area contributed by atoms with E-state index in [1.165, 1.54) is 23.4 Å². The lowest BCUT2D eigenvalue weighted by Gasteiger charge is -2.20. The highest BCUT2D eigenvalue weighted by molar-refractivity contribution is 6.32. The molecule has 4 rings (SSSR count). The van der Waals surface area contributed by atoms with Gasteiger partial charge in [-0.15, -0.1) is 0 Å². The number of carbonyl (C=O) groups is 1. The SMILES string of the molecule is CC(CO)OC[C@H](Oc1ncnc2c1cnn2-c1ncccc1Cl)C(=O)Nc1ccc(Cl)cn1. The summed E-state index contributed by atoms with van der Waals surface area (Å²) in [5.74, 6) is 0.232. The Balaban J connectivity index is 1.62. The topological polar surface area (TPSA) is 137 Å². The molecule has 0 aromatic carbocycles. The largest absolute Gasteiger partial charge is 0.461 e. The van der Waals surface area contributed by atoms with Crippen molar-refractivity contribution >= 4 is 46.0 Å². The van der Waals surface area contributed by atoms with Gasteiger partial charge in [-0.25, -0.2) is 19.9 Å². The van der Waals surface area contributed by atoms with E-state index in [1.54, 1.807) is 37.4 Å². The minimum absolute atomic E-state index is 0.104. The van der Waals surface area contributed by atoms with Crippen molar-refractivity contribution in [3.05, 3.63) is 59.2 Å². The molecule has 0 aliphatic heterocycles. The molecule has 0 radical (unpaired) electrons. The number of amides is 1. The van der Waals surface area contributed by atoms with E-state index in [0.717, 1.165) is 0 Å². The summed E-state index contributed by atoms with van der Waals surface area (Å²) in [6.45, 7) is 1.29. The molecule has 0 fully saturated rings. The minimum atomic E-state index is -1.13. The molecule has 2 N–H and O–H groups in total. The fourth-order valence-electron chi connectivity index (χ4n) is 2.86. The van der Waals surface area contributed by atoms with Crippen molar-refractivity contribution in [2.45, 2.75) is 19.1 Å². The van der Waals surface area contributed by atoms with Gasteiger partial charge >= 0.3 is 0 Å². The summed E-state index contributed by atoms with van der Waals surface area (Å²) in [5.41, 5.74) is 0.383. The molecule has 1 amide bonds. The second-order valence-corrected chi connectivity index (χ2v) is 7.91. The Bertz CT molecular complexity index is 1290. The Morgan fingerprint density at radius 2 is 2.03 bits per heavy atom. The van der Waals surface area contributed by atoms with Crippen LogP contribution in [-0.2, 0) is 9.53 Å². The first-order valence-electron chi connectivity index (χ1n) is 10.1. The summed E-state index contributed by atoms with van der Waals surface area (Å²) in [6.07, 6.45) is 4.11. The normalized spacial score (nSPS) is 12.9. The number of aromatic nitrogens is 6. The van der Waals surface area contributed by atoms with Crippen LogP contribution in [0.4, 0.5) is 5.82 Å². The molecule has 0 spiro atoms. The van der Waals surface area contributed by atoms with Crippen LogP contribution < -0.4 is 10.1 Å². The number of nitrogens with zero attached hydrogens (tertiary/aromatic N) is 6. The molecule has 0 saturated heterocycles. The maximum atomic E-state index is 13.0. The molecule has 176 valence electrons. The number of ether oxygens (including phenoxy) is 2. The lowest BCUT2D eigenvalue weighted by molar-refractivity contribution is -0.127. The number of hydrogen-bond acceptors (Lipinski definition) is 9. The van der Waals surface area contributed by atoms with Crippen molar-refractivity contribution in [1.82, 2.24) is 29.7 Å². The lowest BCUT2D eigenvalue weighted by Crippen LogP contribution is -2.38. The maximum Gasteiger partial charge on any atom is 0.269 e. The van der Waals surface area contributed by atoms with E-state index in [-0.39, 0.29) is 24.9 Å². The molecular weight excluding hydrogens is 485 g/mol. The van der Waals surface area contributed by atoms with Crippen LogP contribution in [0.15, 0.2) is 49.2 Å². The Morgan fingerprint density at radius 3 is 2.76 bits per heavy atom. The third-order valence-electron chi connectivity index (χ3n) is 4.58. The van der Waals surface area contributed by atoms with Gasteiger partial charge < -0.3 is 19.9 Å². The third-order valence-corrected chi connectivity index (χ3v) is 5.10. The highest BCUT2D eigenvalue weighted by Gasteiger charge is 2.25. The first-order valence-corrected chi connectivity index (χ1v) is 10.8. The second-order valence-electron chi connectivity index (χ2n) is 7.07. The molecule has 0 aliphatic carbocycles. The zero-order valence-electron chi connectivity index (χ0n) is 17.8. The van der Waals surface area contributed by atoms with Crippen molar-refractivity contribution in [3.63, 3.8) is 0 Å². The first kappa shape index (κ1) is 23.8. The van der Waals surface area contributed by atoms with Crippen molar-refractivity contribution in [2.75, 3.05) is 18.5 Å². The fraction of sp³-hybridized carbons (Fsp3) is 0.238. The Hall–Kier alpha value is -3.38. The lowest BCUT2D eigenvalue weighted by atomic mass is 10.3. The number of anilines is 1. The second kappa shape index (κ2) is 10.7. The number of rotatable bonds is 9. The molecule has 0 bridgehead atoms. The number of carbonyl (C=O) groups excluding carboxylic acids is 1. The number of fused-ring (bicyclic) bond motifs is 1. The Kier molecular flexibility index (Phi) is 7.48. The van der Waals surface area contributed by atoms with E-state index in [2.05, 4.69) is 30.4 Å². The van der Waals surface area contributed by atoms with Crippen LogP contribution in [-0.4, -0.2) is 66.2 Å². The maximum absolute atomic E-state index is 13.0. The molecular formula is C21H19Cl2N7O4. The van der Waals surface area contributed by atoms with Crippen LogP contribution in [0.2, 0.25) is 10.0 Å². The van der Waals surface area contributed by atoms with Gasteiger partial charge in [0.15, 0.2) is 11.5 Å². The number of pyridine rings is 2. The average Bonchev–Trinajstić information content (AvgIpc) is 3.28. The smallest absolute Gasteiger partial charge is 0.269 e. The van der Waals surface area contributed by atoms with Crippen LogP contribution >= 0.6 is 23.2 Å². The van der Waals surface area contributed by atoms with Crippen molar-refractivity contribution in [3.8, 4) is 11.7 Å². The summed E-state index contributed by atoms with van der Waals surface area (Å²) in [7, 11) is 0. The standard InChI is InChI=1S/C21H19Cl2N7O4/c1-12(9-31)33-10-16(20(32)29-17-5-4-13(22)7-25-17)34-21-14-8-28-30(18(14)26-11-27-21)19-15(23)3-2-6-24-19/h2-8,11-12,16,31H,9-10H2,1H3,(H,25,29,32)/t12?,16-/m0/s1. The predicted molar refractivity (Wildman–Crippen MR) is 124 cm³/mol. The van der Waals surface area contributed by atoms with Crippen LogP contribution in [0.3, 0.4) is 0 Å². The molecule has 2 atom stereocenters. The molecule has 11 nitrogen and oxygen atoms in total. The molecule has 4 aromatic rings. The number of halogens is 2. The Labute approximate surface area is 203 Å². The van der Waals surface area contributed by atoms with E-state index < -0.39 is 18.1 Å². The summed E-state index contributed by atoms with van der Waals surface area (Å²) >= 11 is 12.1. The molecule has 4 aromatic heterocycles. The molecule has 13 heteroatoms. The van der Waals surface area contributed by atoms with Gasteiger partial charge in [-0.05, 0) is 31.2 Å². The van der Waals surface area contributed by atoms with E-state index in [0.29, 0.717) is 26.9 Å². The van der Waals surface area contributed by atoms with Gasteiger partial charge in [0.1, 0.15) is 17.5 Å². The molecule has 0 aliphatic rings. The molecule has 1 unspecified atom stereocenters. The molecule has 34 heavy (non-hydrogen) atoms. The number of aliphatic hydroxyl groups excluding tert-OH is 1. The first-order chi connectivity index (χ1) is 16.5. The quantitative estimate of drug-likeness (QED) is 0.352. The zero-order valence-corrected chi connectivity index (χ0v) is 19.3. The van der Waals surface area contributed by atoms with E-state index in [1.807, 2.05) is 0 Å². The van der Waals surface area contributed by atoms with Crippen molar-refractivity contribution < 1.29 is 19.4 Å². The molecule has 4 heterocycles. The van der Waals surface area contributed by atoms with Crippen LogP contribution in [0, 0.1) is 0 Å². The van der Waals surface area contributed by atoms with E-state index in [9.17, 15) is 9.90 Å². The number of nitrogens with one attached hydrogen (secondary N) is 1. The molecule has 0 saturated carbocycles. The fourth-order valence-corrected chi connectivity index (χ4v) is 3.18. The van der Waals surface area contributed by atoms with Crippen LogP contribution in [0.5, 0.6) is 5.88 Å². The highest BCUT2D eigenvalue weighted by Crippen LogP contribution is 2.26. The summed E-state index contributed by atoms with van der Waals surface area (Å²) in [6, 6.07) is 6.53. The van der Waals surface area contributed by atoms with Gasteiger partial charge in [0, 0.05) is 12.4 Å². The zero-order chi connectivity index (χ0) is 24.1. The van der Waals surface area contributed by atoms with E-state index in [4.69, 9.17) is 32.7 Å². The van der Waals surface area contributed by atoms with Crippen LogP contribution in [0.25, 0.3) is 16.9 Å². The van der Waals surface area contributed by atoms with Gasteiger partial charge in [0.2, 0.25) is 12.0 Å². The summed E-state index contributed by atoms with van der Waals surface area (Å²) in [4.78, 5) is 29.7. The number of aliphatic hydroxyl groups is 1. The van der Waals surface area contributed by atoms with Gasteiger partial charge in [-0.1, -0.05) is 23.2 Å². The Morgan fingerprint density at radius 1 is 1.18 bits per heavy atom. The highest BCUT2D eigenvalue weighted by atomic mass is 35.5. The van der Waals surface area contributed by atoms with Gasteiger partial charge in [-0.3, -0.25) is 4.79 Å². The van der Waals surface area contributed by atoms with Gasteiger partial charge in [-0.2, -0.15) is 9.78 Å². The average molecular weight is 504 g/mol. The minimum Gasteiger partial charge on any atom is -0.461 e. The summed E-state index contributed by atoms with van der Waals surface area (Å²) in [5, 5.41) is 17.5. The van der Waals surface area contributed by atoms with Crippen molar-refractivity contribution in [1.29, 1.82) is 0 Å². The van der Waals surface area contributed by atoms with Crippen molar-refractivity contribution in [2.24, 2.45) is 0 Å². The predicted octanol–water partition coefficient (Wildman–Crippen LogP) is 2.70. The number of hydrogen-bond donors (Lipinski definition) is 2. The summed E-state index contributed by atoms with van der Waals surface area (Å²) < 4.78 is 12.9. The third kappa shape index (κ3) is 5.39. The monoisotopic (exact) mass is 503 g/mol.